The number of hydrogen-bond acceptors (Lipinski definition) is 4. The molecule has 3 aromatic rings. The zero-order chi connectivity index (χ0) is 21.3. The van der Waals surface area contributed by atoms with E-state index in [0.717, 1.165) is 16.6 Å². The first-order valence-corrected chi connectivity index (χ1v) is 9.65. The number of aryl methyl sites for hydroxylation is 1. The van der Waals surface area contributed by atoms with Gasteiger partial charge in [0, 0.05) is 54.5 Å². The van der Waals surface area contributed by atoms with E-state index in [1.165, 1.54) is 6.07 Å². The van der Waals surface area contributed by atoms with Gasteiger partial charge in [0.25, 0.3) is 11.7 Å². The van der Waals surface area contributed by atoms with Crippen LogP contribution in [0.3, 0.4) is 0 Å². The summed E-state index contributed by atoms with van der Waals surface area (Å²) in [4.78, 5) is 32.4. The smallest absolute Gasteiger partial charge is 0.387 e. The van der Waals surface area contributed by atoms with Crippen molar-refractivity contribution in [1.29, 1.82) is 0 Å². The number of aromatic amines is 1. The van der Waals surface area contributed by atoms with Gasteiger partial charge in [0.05, 0.1) is 5.56 Å². The number of carbonyl (C=O) groups excluding carboxylic acids is 2. The molecule has 8 heteroatoms. The lowest BCUT2D eigenvalue weighted by Gasteiger charge is -2.35. The lowest BCUT2D eigenvalue weighted by atomic mass is 10.1. The zero-order valence-electron chi connectivity index (χ0n) is 16.4. The molecule has 2 aromatic carbocycles. The van der Waals surface area contributed by atoms with Gasteiger partial charge in [0.1, 0.15) is 5.75 Å². The van der Waals surface area contributed by atoms with E-state index in [2.05, 4.69) is 9.72 Å². The number of amides is 1. The number of piperazine rings is 1. The van der Waals surface area contributed by atoms with Crippen LogP contribution < -0.4 is 9.64 Å². The van der Waals surface area contributed by atoms with Crippen molar-refractivity contribution in [3.63, 3.8) is 0 Å². The van der Waals surface area contributed by atoms with Crippen LogP contribution >= 0.6 is 0 Å². The Morgan fingerprint density at radius 1 is 1.03 bits per heavy atom. The van der Waals surface area contributed by atoms with E-state index in [-0.39, 0.29) is 5.75 Å². The normalized spacial score (nSPS) is 14.4. The van der Waals surface area contributed by atoms with Crippen LogP contribution in [0.5, 0.6) is 5.75 Å². The molecule has 1 fully saturated rings. The quantitative estimate of drug-likeness (QED) is 0.513. The third kappa shape index (κ3) is 3.85. The molecular formula is C22H21F2N3O3. The molecule has 1 aliphatic rings. The lowest BCUT2D eigenvalue weighted by Crippen LogP contribution is -2.50. The van der Waals surface area contributed by atoms with Crippen molar-refractivity contribution in [1.82, 2.24) is 9.88 Å². The summed E-state index contributed by atoms with van der Waals surface area (Å²) in [6.45, 7) is 0.618. The predicted octanol–water partition coefficient (Wildman–Crippen LogP) is 3.61. The standard InChI is InChI=1S/C22H21F2N3O3/c1-14-19(17-7-2-3-8-18(17)25-14)20(28)21(29)27-11-9-26(10-12-27)15-5-4-6-16(13-15)30-22(23)24/h2-8,13,22,25H,9-12H2,1H3. The highest BCUT2D eigenvalue weighted by molar-refractivity contribution is 6.45. The van der Waals surface area contributed by atoms with E-state index in [9.17, 15) is 18.4 Å². The van der Waals surface area contributed by atoms with Crippen molar-refractivity contribution in [2.45, 2.75) is 13.5 Å². The maximum atomic E-state index is 12.9. The summed E-state index contributed by atoms with van der Waals surface area (Å²) in [5.74, 6) is -0.964. The molecule has 1 saturated heterocycles. The number of para-hydroxylation sites is 1. The Balaban J connectivity index is 1.44. The number of benzene rings is 2. The Morgan fingerprint density at radius 2 is 1.77 bits per heavy atom. The van der Waals surface area contributed by atoms with Gasteiger partial charge >= 0.3 is 6.61 Å². The van der Waals surface area contributed by atoms with Crippen LogP contribution in [0.4, 0.5) is 14.5 Å². The SMILES string of the molecule is Cc1[nH]c2ccccc2c1C(=O)C(=O)N1CCN(c2cccc(OC(F)F)c2)CC1. The number of ketones is 1. The van der Waals surface area contributed by atoms with Gasteiger partial charge in [-0.1, -0.05) is 24.3 Å². The number of nitrogens with one attached hydrogen (secondary N) is 1. The van der Waals surface area contributed by atoms with Gasteiger partial charge in [-0.15, -0.1) is 0 Å². The van der Waals surface area contributed by atoms with Gasteiger partial charge in [-0.2, -0.15) is 8.78 Å². The fourth-order valence-electron chi connectivity index (χ4n) is 3.84. The summed E-state index contributed by atoms with van der Waals surface area (Å²) in [5.41, 5.74) is 2.64. The van der Waals surface area contributed by atoms with Crippen LogP contribution in [0.25, 0.3) is 10.9 Å². The number of H-pyrrole nitrogens is 1. The average Bonchev–Trinajstić information content (AvgIpc) is 3.08. The van der Waals surface area contributed by atoms with E-state index in [4.69, 9.17) is 0 Å². The van der Waals surface area contributed by atoms with Gasteiger partial charge in [0.15, 0.2) is 0 Å². The molecular weight excluding hydrogens is 392 g/mol. The molecule has 0 radical (unpaired) electrons. The second kappa shape index (κ2) is 8.14. The van der Waals surface area contributed by atoms with Crippen molar-refractivity contribution in [3.05, 3.63) is 59.8 Å². The third-order valence-electron chi connectivity index (χ3n) is 5.29. The van der Waals surface area contributed by atoms with Crippen LogP contribution in [-0.4, -0.2) is 54.4 Å². The van der Waals surface area contributed by atoms with Gasteiger partial charge in [-0.25, -0.2) is 0 Å². The Kier molecular flexibility index (Phi) is 5.39. The summed E-state index contributed by atoms with van der Waals surface area (Å²) >= 11 is 0. The monoisotopic (exact) mass is 413 g/mol. The maximum absolute atomic E-state index is 12.9. The molecule has 1 N–H and O–H groups in total. The number of hydrogen-bond donors (Lipinski definition) is 1. The van der Waals surface area contributed by atoms with Gasteiger partial charge < -0.3 is 19.5 Å². The molecule has 1 amide bonds. The minimum absolute atomic E-state index is 0.0889. The number of halogens is 2. The number of carbonyl (C=O) groups is 2. The number of rotatable bonds is 5. The van der Waals surface area contributed by atoms with Crippen LogP contribution in [0.15, 0.2) is 48.5 Å². The van der Waals surface area contributed by atoms with Crippen molar-refractivity contribution >= 4 is 28.3 Å². The fraction of sp³-hybridized carbons (Fsp3) is 0.273. The summed E-state index contributed by atoms with van der Waals surface area (Å²) in [5, 5.41) is 0.739. The highest BCUT2D eigenvalue weighted by Crippen LogP contribution is 2.25. The first-order valence-electron chi connectivity index (χ1n) is 9.65. The number of anilines is 1. The number of fused-ring (bicyclic) bond motifs is 1. The van der Waals surface area contributed by atoms with Crippen molar-refractivity contribution in [2.75, 3.05) is 31.1 Å². The minimum Gasteiger partial charge on any atom is -0.435 e. The summed E-state index contributed by atoms with van der Waals surface area (Å²) in [6.07, 6.45) is 0. The van der Waals surface area contributed by atoms with Crippen LogP contribution in [0.1, 0.15) is 16.1 Å². The fourth-order valence-corrected chi connectivity index (χ4v) is 3.84. The van der Waals surface area contributed by atoms with Gasteiger partial charge in [-0.3, -0.25) is 9.59 Å². The molecule has 2 heterocycles. The predicted molar refractivity (Wildman–Crippen MR) is 109 cm³/mol. The van der Waals surface area contributed by atoms with E-state index < -0.39 is 18.3 Å². The second-order valence-electron chi connectivity index (χ2n) is 7.15. The summed E-state index contributed by atoms with van der Waals surface area (Å²) < 4.78 is 29.3. The molecule has 0 spiro atoms. The number of nitrogens with zero attached hydrogens (tertiary/aromatic N) is 2. The average molecular weight is 413 g/mol. The molecule has 30 heavy (non-hydrogen) atoms. The number of ether oxygens (including phenoxy) is 1. The maximum Gasteiger partial charge on any atom is 0.387 e. The third-order valence-corrected chi connectivity index (χ3v) is 5.29. The summed E-state index contributed by atoms with van der Waals surface area (Å²) in [6, 6.07) is 13.9. The molecule has 4 rings (SSSR count). The molecule has 0 unspecified atom stereocenters. The van der Waals surface area contributed by atoms with E-state index >= 15 is 0 Å². The molecule has 156 valence electrons. The van der Waals surface area contributed by atoms with Crippen LogP contribution in [-0.2, 0) is 4.79 Å². The largest absolute Gasteiger partial charge is 0.435 e. The lowest BCUT2D eigenvalue weighted by molar-refractivity contribution is -0.126. The second-order valence-corrected chi connectivity index (χ2v) is 7.15. The van der Waals surface area contributed by atoms with E-state index in [0.29, 0.717) is 37.4 Å². The number of Topliss-reactive ketones (excluding diaryl/α,β-unsaturated/α-hetero) is 1. The van der Waals surface area contributed by atoms with Gasteiger partial charge in [-0.05, 0) is 25.1 Å². The molecule has 6 nitrogen and oxygen atoms in total. The first kappa shape index (κ1) is 19.9. The topological polar surface area (TPSA) is 65.6 Å². The van der Waals surface area contributed by atoms with Crippen molar-refractivity contribution < 1.29 is 23.1 Å². The highest BCUT2D eigenvalue weighted by atomic mass is 19.3. The van der Waals surface area contributed by atoms with E-state index in [1.807, 2.05) is 29.2 Å². The molecule has 0 atom stereocenters. The molecule has 0 aliphatic carbocycles. The Labute approximate surface area is 172 Å². The molecule has 0 bridgehead atoms. The Bertz CT molecular complexity index is 1090. The minimum atomic E-state index is -2.88. The number of alkyl halides is 2. The Morgan fingerprint density at radius 3 is 2.50 bits per heavy atom. The van der Waals surface area contributed by atoms with Crippen LogP contribution in [0.2, 0.25) is 0 Å². The molecule has 1 aromatic heterocycles. The molecule has 1 aliphatic heterocycles. The van der Waals surface area contributed by atoms with Crippen molar-refractivity contribution in [3.8, 4) is 5.75 Å². The first-order chi connectivity index (χ1) is 14.4. The van der Waals surface area contributed by atoms with Gasteiger partial charge in [0.2, 0.25) is 0 Å². The zero-order valence-corrected chi connectivity index (χ0v) is 16.4. The Hall–Kier alpha value is -3.42. The summed E-state index contributed by atoms with van der Waals surface area (Å²) in [7, 11) is 0. The molecule has 0 saturated carbocycles. The van der Waals surface area contributed by atoms with Crippen LogP contribution in [0, 0.1) is 6.92 Å². The highest BCUT2D eigenvalue weighted by Gasteiger charge is 2.29. The van der Waals surface area contributed by atoms with E-state index in [1.54, 1.807) is 30.0 Å². The number of aromatic nitrogens is 1. The van der Waals surface area contributed by atoms with Crippen molar-refractivity contribution in [2.24, 2.45) is 0 Å².